The summed E-state index contributed by atoms with van der Waals surface area (Å²) in [5, 5.41) is 9.77. The minimum Gasteiger partial charge on any atom is -0.443 e. The highest BCUT2D eigenvalue weighted by molar-refractivity contribution is 6.31. The van der Waals surface area contributed by atoms with E-state index in [1.807, 2.05) is 17.7 Å². The molecule has 1 aromatic carbocycles. The molecule has 0 bridgehead atoms. The summed E-state index contributed by atoms with van der Waals surface area (Å²) in [4.78, 5) is 25.3. The smallest absolute Gasteiger partial charge is 0.408 e. The number of carbonyl (C=O) groups is 2. The van der Waals surface area contributed by atoms with Crippen molar-refractivity contribution in [2.45, 2.75) is 39.0 Å². The van der Waals surface area contributed by atoms with E-state index in [1.165, 1.54) is 18.2 Å². The first kappa shape index (κ1) is 21.9. The van der Waals surface area contributed by atoms with Crippen molar-refractivity contribution in [3.05, 3.63) is 70.0 Å². The zero-order chi connectivity index (χ0) is 22.8. The summed E-state index contributed by atoms with van der Waals surface area (Å²) in [5.41, 5.74) is 3.36. The first-order valence-electron chi connectivity index (χ1n) is 10.3. The SMILES string of the molecule is CCn1cc2c(c1C(=O)Nc1ccc(F)c(Cl)c1)CCC2NC(=O)OCc1ccn(C)n1. The first-order valence-corrected chi connectivity index (χ1v) is 10.6. The first-order chi connectivity index (χ1) is 15.4. The molecule has 2 aromatic heterocycles. The van der Waals surface area contributed by atoms with Crippen LogP contribution in [0, 0.1) is 5.82 Å². The van der Waals surface area contributed by atoms with Crippen LogP contribution >= 0.6 is 11.6 Å². The quantitative estimate of drug-likeness (QED) is 0.578. The Hall–Kier alpha value is -3.33. The van der Waals surface area contributed by atoms with Gasteiger partial charge in [-0.3, -0.25) is 9.48 Å². The zero-order valence-electron chi connectivity index (χ0n) is 17.7. The Bertz CT molecular complexity index is 1170. The Kier molecular flexibility index (Phi) is 6.18. The van der Waals surface area contributed by atoms with Gasteiger partial charge in [0.2, 0.25) is 0 Å². The molecule has 0 saturated heterocycles. The third kappa shape index (κ3) is 4.47. The molecule has 0 spiro atoms. The monoisotopic (exact) mass is 459 g/mol. The molecule has 1 aliphatic rings. The van der Waals surface area contributed by atoms with Crippen molar-refractivity contribution in [2.75, 3.05) is 5.32 Å². The molecule has 1 atom stereocenters. The number of aromatic nitrogens is 3. The zero-order valence-corrected chi connectivity index (χ0v) is 18.4. The lowest BCUT2D eigenvalue weighted by molar-refractivity contribution is 0.101. The summed E-state index contributed by atoms with van der Waals surface area (Å²) in [6, 6.07) is 5.57. The highest BCUT2D eigenvalue weighted by atomic mass is 35.5. The molecule has 1 unspecified atom stereocenters. The molecular formula is C22H23ClFN5O3. The number of nitrogens with one attached hydrogen (secondary N) is 2. The van der Waals surface area contributed by atoms with E-state index in [0.717, 1.165) is 11.1 Å². The van der Waals surface area contributed by atoms with E-state index in [1.54, 1.807) is 24.0 Å². The third-order valence-corrected chi connectivity index (χ3v) is 5.71. The van der Waals surface area contributed by atoms with E-state index in [2.05, 4.69) is 15.7 Å². The molecule has 0 saturated carbocycles. The van der Waals surface area contributed by atoms with Crippen LogP contribution in [-0.2, 0) is 31.4 Å². The maximum atomic E-state index is 13.4. The fourth-order valence-electron chi connectivity index (χ4n) is 3.92. The van der Waals surface area contributed by atoms with Crippen LogP contribution in [0.3, 0.4) is 0 Å². The van der Waals surface area contributed by atoms with Crippen molar-refractivity contribution in [2.24, 2.45) is 7.05 Å². The molecule has 0 aliphatic heterocycles. The minimum atomic E-state index is -0.550. The topological polar surface area (TPSA) is 90.2 Å². The normalized spacial score (nSPS) is 14.8. The number of fused-ring (bicyclic) bond motifs is 1. The largest absolute Gasteiger partial charge is 0.443 e. The predicted octanol–water partition coefficient (Wildman–Crippen LogP) is 4.20. The van der Waals surface area contributed by atoms with Crippen molar-refractivity contribution < 1.29 is 18.7 Å². The van der Waals surface area contributed by atoms with Crippen molar-refractivity contribution in [3.63, 3.8) is 0 Å². The average molecular weight is 460 g/mol. The van der Waals surface area contributed by atoms with Crippen LogP contribution in [0.25, 0.3) is 0 Å². The number of halogens is 2. The average Bonchev–Trinajstić information content (AvgIpc) is 3.45. The number of ether oxygens (including phenoxy) is 1. The van der Waals surface area contributed by atoms with Crippen molar-refractivity contribution in [1.29, 1.82) is 0 Å². The van der Waals surface area contributed by atoms with Gasteiger partial charge in [-0.2, -0.15) is 5.10 Å². The number of anilines is 1. The van der Waals surface area contributed by atoms with E-state index < -0.39 is 11.9 Å². The summed E-state index contributed by atoms with van der Waals surface area (Å²) in [7, 11) is 1.79. The van der Waals surface area contributed by atoms with Gasteiger partial charge in [0.1, 0.15) is 18.1 Å². The van der Waals surface area contributed by atoms with E-state index in [9.17, 15) is 14.0 Å². The van der Waals surface area contributed by atoms with Crippen molar-refractivity contribution >= 4 is 29.3 Å². The molecule has 2 N–H and O–H groups in total. The molecule has 2 amide bonds. The highest BCUT2D eigenvalue weighted by Gasteiger charge is 2.32. The van der Waals surface area contributed by atoms with Gasteiger partial charge in [0.05, 0.1) is 16.8 Å². The van der Waals surface area contributed by atoms with Gasteiger partial charge in [0.15, 0.2) is 0 Å². The number of benzene rings is 1. The van der Waals surface area contributed by atoms with Crippen molar-refractivity contribution in [1.82, 2.24) is 19.7 Å². The Morgan fingerprint density at radius 3 is 2.84 bits per heavy atom. The van der Waals surface area contributed by atoms with Gasteiger partial charge < -0.3 is 19.9 Å². The van der Waals surface area contributed by atoms with E-state index in [4.69, 9.17) is 16.3 Å². The molecule has 168 valence electrons. The Balaban J connectivity index is 1.46. The lowest BCUT2D eigenvalue weighted by atomic mass is 10.1. The van der Waals surface area contributed by atoms with Crippen LogP contribution in [-0.4, -0.2) is 26.3 Å². The fraction of sp³-hybridized carbons (Fsp3) is 0.318. The summed E-state index contributed by atoms with van der Waals surface area (Å²) in [6.07, 6.45) is 4.43. The number of rotatable bonds is 6. The third-order valence-electron chi connectivity index (χ3n) is 5.42. The lowest BCUT2D eigenvalue weighted by Crippen LogP contribution is -2.27. The summed E-state index contributed by atoms with van der Waals surface area (Å²) < 4.78 is 22.2. The second-order valence-corrected chi connectivity index (χ2v) is 7.98. The van der Waals surface area contributed by atoms with Gasteiger partial charge in [-0.25, -0.2) is 9.18 Å². The minimum absolute atomic E-state index is 0.0626. The van der Waals surface area contributed by atoms with Crippen LogP contribution in [0.5, 0.6) is 0 Å². The molecule has 1 aliphatic carbocycles. The molecule has 3 aromatic rings. The standard InChI is InChI=1S/C22H23ClFN5O3/c1-3-29-11-16-15(20(29)21(30)25-13-4-6-18(24)17(23)10-13)5-7-19(16)26-22(31)32-12-14-8-9-28(2)27-14/h4,6,8-11,19H,3,5,7,12H2,1-2H3,(H,25,30)(H,26,31). The second-order valence-electron chi connectivity index (χ2n) is 7.57. The van der Waals surface area contributed by atoms with E-state index in [0.29, 0.717) is 36.5 Å². The van der Waals surface area contributed by atoms with E-state index in [-0.39, 0.29) is 23.6 Å². The number of aryl methyl sites for hydroxylation is 2. The molecular weight excluding hydrogens is 437 g/mol. The second kappa shape index (κ2) is 9.04. The van der Waals surface area contributed by atoms with Gasteiger partial charge in [-0.05, 0) is 55.2 Å². The molecule has 8 nitrogen and oxygen atoms in total. The summed E-state index contributed by atoms with van der Waals surface area (Å²) in [5.74, 6) is -0.861. The maximum Gasteiger partial charge on any atom is 0.408 e. The predicted molar refractivity (Wildman–Crippen MR) is 117 cm³/mol. The number of carbonyl (C=O) groups excluding carboxylic acids is 2. The van der Waals surface area contributed by atoms with Gasteiger partial charge >= 0.3 is 6.09 Å². The van der Waals surface area contributed by atoms with Crippen LogP contribution < -0.4 is 10.6 Å². The molecule has 0 fully saturated rings. The van der Waals surface area contributed by atoms with Gasteiger partial charge in [0, 0.05) is 31.7 Å². The van der Waals surface area contributed by atoms with Crippen molar-refractivity contribution in [3.8, 4) is 0 Å². The van der Waals surface area contributed by atoms with Crippen LogP contribution in [0.2, 0.25) is 5.02 Å². The van der Waals surface area contributed by atoms with Gasteiger partial charge in [-0.1, -0.05) is 11.6 Å². The summed E-state index contributed by atoms with van der Waals surface area (Å²) in [6.45, 7) is 2.59. The molecule has 0 radical (unpaired) electrons. The molecule has 2 heterocycles. The highest BCUT2D eigenvalue weighted by Crippen LogP contribution is 2.35. The number of nitrogens with zero attached hydrogens (tertiary/aromatic N) is 3. The molecule has 4 rings (SSSR count). The lowest BCUT2D eigenvalue weighted by Gasteiger charge is -2.13. The Labute approximate surface area is 189 Å². The number of amides is 2. The number of alkyl carbamates (subject to hydrolysis) is 1. The van der Waals surface area contributed by atoms with Crippen LogP contribution in [0.1, 0.15) is 46.7 Å². The van der Waals surface area contributed by atoms with Crippen LogP contribution in [0.4, 0.5) is 14.9 Å². The maximum absolute atomic E-state index is 13.4. The van der Waals surface area contributed by atoms with E-state index >= 15 is 0 Å². The number of hydrogen-bond acceptors (Lipinski definition) is 4. The van der Waals surface area contributed by atoms with Crippen LogP contribution in [0.15, 0.2) is 36.7 Å². The Morgan fingerprint density at radius 1 is 1.34 bits per heavy atom. The molecule has 10 heteroatoms. The Morgan fingerprint density at radius 2 is 2.16 bits per heavy atom. The van der Waals surface area contributed by atoms with Gasteiger partial charge in [0.25, 0.3) is 5.91 Å². The van der Waals surface area contributed by atoms with Gasteiger partial charge in [-0.15, -0.1) is 0 Å². The fourth-order valence-corrected chi connectivity index (χ4v) is 4.10. The summed E-state index contributed by atoms with van der Waals surface area (Å²) >= 11 is 5.82. The molecule has 32 heavy (non-hydrogen) atoms. The number of hydrogen-bond donors (Lipinski definition) is 2.